The molecule has 3 atom stereocenters. The maximum Gasteiger partial charge on any atom is 0.237 e. The molecule has 24 heavy (non-hydrogen) atoms. The Bertz CT molecular complexity index is 540. The molecule has 0 aromatic carbocycles. The first-order valence-corrected chi connectivity index (χ1v) is 8.57. The Kier molecular flexibility index (Phi) is 6.57. The highest BCUT2D eigenvalue weighted by atomic mass is 16.5. The third-order valence-electron chi connectivity index (χ3n) is 4.24. The second-order valence-electron chi connectivity index (χ2n) is 6.79. The van der Waals surface area contributed by atoms with E-state index in [1.54, 1.807) is 13.3 Å². The van der Waals surface area contributed by atoms with Gasteiger partial charge < -0.3 is 14.8 Å². The molecular weight excluding hydrogens is 306 g/mol. The molecule has 0 spiro atoms. The van der Waals surface area contributed by atoms with Gasteiger partial charge in [-0.15, -0.1) is 0 Å². The first kappa shape index (κ1) is 18.7. The normalized spacial score (nSPS) is 23.1. The van der Waals surface area contributed by atoms with Crippen LogP contribution in [0.1, 0.15) is 33.3 Å². The molecule has 1 aromatic rings. The molecule has 1 amide bonds. The highest BCUT2D eigenvalue weighted by Crippen LogP contribution is 2.19. The van der Waals surface area contributed by atoms with Crippen LogP contribution in [0.3, 0.4) is 0 Å². The molecule has 1 aromatic heterocycles. The molecule has 1 aliphatic heterocycles. The predicted molar refractivity (Wildman–Crippen MR) is 92.8 cm³/mol. The summed E-state index contributed by atoms with van der Waals surface area (Å²) in [5.41, 5.74) is 0.875. The van der Waals surface area contributed by atoms with Crippen molar-refractivity contribution in [2.24, 2.45) is 5.92 Å². The minimum atomic E-state index is -0.165. The van der Waals surface area contributed by atoms with Crippen molar-refractivity contribution in [1.82, 2.24) is 15.2 Å². The third-order valence-corrected chi connectivity index (χ3v) is 4.24. The van der Waals surface area contributed by atoms with Gasteiger partial charge in [-0.1, -0.05) is 19.9 Å². The molecule has 0 aliphatic carbocycles. The van der Waals surface area contributed by atoms with Crippen molar-refractivity contribution >= 4 is 5.91 Å². The number of carbonyl (C=O) groups excluding carboxylic acids is 1. The summed E-state index contributed by atoms with van der Waals surface area (Å²) >= 11 is 0. The first-order chi connectivity index (χ1) is 11.4. The van der Waals surface area contributed by atoms with Crippen molar-refractivity contribution in [2.75, 3.05) is 20.2 Å². The van der Waals surface area contributed by atoms with Gasteiger partial charge in [0.2, 0.25) is 11.8 Å². The van der Waals surface area contributed by atoms with Crippen LogP contribution in [0.4, 0.5) is 0 Å². The molecule has 2 rings (SSSR count). The second-order valence-corrected chi connectivity index (χ2v) is 6.79. The number of hydrogen-bond acceptors (Lipinski definition) is 5. The third kappa shape index (κ3) is 4.68. The number of ether oxygens (including phenoxy) is 2. The van der Waals surface area contributed by atoms with Crippen LogP contribution in [0.25, 0.3) is 0 Å². The summed E-state index contributed by atoms with van der Waals surface area (Å²) < 4.78 is 11.0. The number of morpholine rings is 1. The van der Waals surface area contributed by atoms with Gasteiger partial charge in [-0.2, -0.15) is 0 Å². The lowest BCUT2D eigenvalue weighted by atomic mass is 9.99. The largest absolute Gasteiger partial charge is 0.481 e. The molecular formula is C18H29N3O3. The lowest BCUT2D eigenvalue weighted by Crippen LogP contribution is -2.56. The van der Waals surface area contributed by atoms with Crippen molar-refractivity contribution in [3.8, 4) is 5.88 Å². The summed E-state index contributed by atoms with van der Waals surface area (Å²) in [7, 11) is 1.58. The predicted octanol–water partition coefficient (Wildman–Crippen LogP) is 1.84. The molecule has 134 valence electrons. The molecule has 1 saturated heterocycles. The fourth-order valence-electron chi connectivity index (χ4n) is 3.36. The van der Waals surface area contributed by atoms with Crippen molar-refractivity contribution in [1.29, 1.82) is 0 Å². The number of nitrogens with zero attached hydrogens (tertiary/aromatic N) is 2. The molecule has 2 heterocycles. The first-order valence-electron chi connectivity index (χ1n) is 8.57. The van der Waals surface area contributed by atoms with Gasteiger partial charge in [-0.3, -0.25) is 9.69 Å². The van der Waals surface area contributed by atoms with Gasteiger partial charge in [0.1, 0.15) is 0 Å². The number of methoxy groups -OCH3 is 1. The summed E-state index contributed by atoms with van der Waals surface area (Å²) in [5.74, 6) is 0.808. The van der Waals surface area contributed by atoms with E-state index < -0.39 is 0 Å². The van der Waals surface area contributed by atoms with Crippen molar-refractivity contribution < 1.29 is 14.3 Å². The molecule has 6 nitrogen and oxygen atoms in total. The second kappa shape index (κ2) is 8.44. The zero-order valence-corrected chi connectivity index (χ0v) is 15.3. The minimum absolute atomic E-state index is 0.0391. The van der Waals surface area contributed by atoms with E-state index >= 15 is 0 Å². The van der Waals surface area contributed by atoms with E-state index in [1.165, 1.54) is 0 Å². The molecule has 0 radical (unpaired) electrons. The fraction of sp³-hybridized carbons (Fsp3) is 0.667. The Hall–Kier alpha value is -1.66. The van der Waals surface area contributed by atoms with E-state index in [1.807, 2.05) is 12.1 Å². The summed E-state index contributed by atoms with van der Waals surface area (Å²) in [5, 5.41) is 3.04. The van der Waals surface area contributed by atoms with Crippen molar-refractivity contribution in [2.45, 2.75) is 52.5 Å². The molecule has 6 heteroatoms. The lowest BCUT2D eigenvalue weighted by Gasteiger charge is -2.41. The number of amides is 1. The van der Waals surface area contributed by atoms with E-state index in [0.717, 1.165) is 18.7 Å². The van der Waals surface area contributed by atoms with Crippen LogP contribution in [0, 0.1) is 5.92 Å². The maximum absolute atomic E-state index is 12.8. The monoisotopic (exact) mass is 335 g/mol. The SMILES string of the molecule is COc1ncccc1CNC(=O)[C@H](C(C)C)N1C[C@@H](C)O[C@@H](C)C1. The summed E-state index contributed by atoms with van der Waals surface area (Å²) in [6.07, 6.45) is 1.96. The summed E-state index contributed by atoms with van der Waals surface area (Å²) in [6.45, 7) is 10.2. The fourth-order valence-corrected chi connectivity index (χ4v) is 3.36. The van der Waals surface area contributed by atoms with Gasteiger partial charge in [0.15, 0.2) is 0 Å². The zero-order valence-electron chi connectivity index (χ0n) is 15.3. The Labute approximate surface area is 144 Å². The van der Waals surface area contributed by atoms with E-state index in [2.05, 4.69) is 42.9 Å². The van der Waals surface area contributed by atoms with Gasteiger partial charge in [-0.05, 0) is 25.8 Å². The number of hydrogen-bond donors (Lipinski definition) is 1. The average Bonchev–Trinajstić information content (AvgIpc) is 2.52. The molecule has 0 unspecified atom stereocenters. The molecule has 0 bridgehead atoms. The summed E-state index contributed by atoms with van der Waals surface area (Å²) in [4.78, 5) is 19.2. The number of rotatable bonds is 6. The highest BCUT2D eigenvalue weighted by molar-refractivity contribution is 5.82. The topological polar surface area (TPSA) is 63.7 Å². The van der Waals surface area contributed by atoms with Gasteiger partial charge in [-0.25, -0.2) is 4.98 Å². The minimum Gasteiger partial charge on any atom is -0.481 e. The van der Waals surface area contributed by atoms with Gasteiger partial charge >= 0.3 is 0 Å². The van der Waals surface area contributed by atoms with Crippen LogP contribution in [-0.2, 0) is 16.1 Å². The number of aromatic nitrogens is 1. The summed E-state index contributed by atoms with van der Waals surface area (Å²) in [6, 6.07) is 3.59. The number of nitrogens with one attached hydrogen (secondary N) is 1. The maximum atomic E-state index is 12.8. The highest BCUT2D eigenvalue weighted by Gasteiger charge is 2.34. The number of carbonyl (C=O) groups is 1. The average molecular weight is 335 g/mol. The van der Waals surface area contributed by atoms with Crippen LogP contribution in [0.2, 0.25) is 0 Å². The van der Waals surface area contributed by atoms with E-state index in [-0.39, 0.29) is 30.1 Å². The van der Waals surface area contributed by atoms with E-state index in [9.17, 15) is 4.79 Å². The van der Waals surface area contributed by atoms with Crippen molar-refractivity contribution in [3.05, 3.63) is 23.9 Å². The van der Waals surface area contributed by atoms with E-state index in [4.69, 9.17) is 9.47 Å². The van der Waals surface area contributed by atoms with Crippen LogP contribution in [0.15, 0.2) is 18.3 Å². The molecule has 0 saturated carbocycles. The van der Waals surface area contributed by atoms with Crippen LogP contribution in [-0.4, -0.2) is 54.2 Å². The molecule has 1 fully saturated rings. The van der Waals surface area contributed by atoms with Gasteiger partial charge in [0, 0.05) is 31.4 Å². The molecule has 1 aliphatic rings. The Morgan fingerprint density at radius 1 is 1.42 bits per heavy atom. The van der Waals surface area contributed by atoms with Crippen LogP contribution < -0.4 is 10.1 Å². The molecule has 1 N–H and O–H groups in total. The van der Waals surface area contributed by atoms with E-state index in [0.29, 0.717) is 12.4 Å². The quantitative estimate of drug-likeness (QED) is 0.859. The van der Waals surface area contributed by atoms with Gasteiger partial charge in [0.25, 0.3) is 0 Å². The Balaban J connectivity index is 2.04. The van der Waals surface area contributed by atoms with Crippen molar-refractivity contribution in [3.63, 3.8) is 0 Å². The van der Waals surface area contributed by atoms with Gasteiger partial charge in [0.05, 0.1) is 25.4 Å². The lowest BCUT2D eigenvalue weighted by molar-refractivity contribution is -0.135. The number of pyridine rings is 1. The zero-order chi connectivity index (χ0) is 17.7. The van der Waals surface area contributed by atoms with Crippen LogP contribution >= 0.6 is 0 Å². The Morgan fingerprint density at radius 2 is 2.08 bits per heavy atom. The standard InChI is InChI=1S/C18H29N3O3/c1-12(2)16(21-10-13(3)24-14(4)11-21)17(22)20-9-15-7-6-8-19-18(15)23-5/h6-8,12-14,16H,9-11H2,1-5H3,(H,20,22)/t13-,14+,16-/m0/s1. The van der Waals surface area contributed by atoms with Crippen LogP contribution in [0.5, 0.6) is 5.88 Å². The smallest absolute Gasteiger partial charge is 0.237 e. The Morgan fingerprint density at radius 3 is 2.67 bits per heavy atom.